The number of halogens is 3. The smallest absolute Gasteiger partial charge is 0.242 e. The average molecular weight is 331 g/mol. The first kappa shape index (κ1) is 15.6. The second-order valence-electron chi connectivity index (χ2n) is 3.34. The van der Waals surface area contributed by atoms with Gasteiger partial charge in [-0.15, -0.1) is 0 Å². The molecular weight excluding hydrogens is 321 g/mol. The number of carbonyl (C=O) groups is 1. The molecule has 0 saturated heterocycles. The molecule has 8 heteroatoms. The number of benzene rings is 1. The topological polar surface area (TPSA) is 54.5 Å². The zero-order valence-corrected chi connectivity index (χ0v) is 12.4. The molecule has 0 aliphatic carbocycles. The Balaban J connectivity index is 3.35. The van der Waals surface area contributed by atoms with E-state index in [-0.39, 0.29) is 21.5 Å². The molecule has 0 aliphatic rings. The highest BCUT2D eigenvalue weighted by molar-refractivity contribution is 7.92. The molecule has 0 saturated carbocycles. The van der Waals surface area contributed by atoms with E-state index in [2.05, 4.69) is 0 Å². The Morgan fingerprint density at radius 1 is 1.33 bits per heavy atom. The average Bonchev–Trinajstić information content (AvgIpc) is 2.30. The normalized spacial score (nSPS) is 11.3. The second kappa shape index (κ2) is 6.10. The lowest BCUT2D eigenvalue weighted by Crippen LogP contribution is -2.35. The summed E-state index contributed by atoms with van der Waals surface area (Å²) in [5.74, 6) is -0.181. The predicted octanol–water partition coefficient (Wildman–Crippen LogP) is 2.91. The summed E-state index contributed by atoms with van der Waals surface area (Å²) < 4.78 is 24.7. The van der Waals surface area contributed by atoms with Gasteiger partial charge in [0.2, 0.25) is 15.3 Å². The number of anilines is 1. The van der Waals surface area contributed by atoms with Gasteiger partial charge in [0.1, 0.15) is 6.54 Å². The monoisotopic (exact) mass is 329 g/mol. The van der Waals surface area contributed by atoms with Crippen LogP contribution in [0.25, 0.3) is 0 Å². The fourth-order valence-corrected chi connectivity index (χ4v) is 3.00. The maximum atomic E-state index is 11.9. The molecule has 4 nitrogen and oxygen atoms in total. The van der Waals surface area contributed by atoms with Crippen LogP contribution in [0.5, 0.6) is 0 Å². The highest BCUT2D eigenvalue weighted by atomic mass is 35.5. The van der Waals surface area contributed by atoms with Gasteiger partial charge < -0.3 is 0 Å². The summed E-state index contributed by atoms with van der Waals surface area (Å²) >= 11 is 17.0. The molecular formula is C10H10Cl3NO3S. The van der Waals surface area contributed by atoms with E-state index in [1.54, 1.807) is 6.07 Å². The number of hydrogen-bond acceptors (Lipinski definition) is 3. The molecule has 0 aromatic heterocycles. The summed E-state index contributed by atoms with van der Waals surface area (Å²) in [6, 6.07) is 4.52. The standard InChI is InChI=1S/C10H10Cl3NO3S/c1-2-18(16,17)14(6-9(12)15)8-5-3-4-7(11)10(8)13/h3-5H,2,6H2,1H3. The van der Waals surface area contributed by atoms with Crippen molar-refractivity contribution in [2.45, 2.75) is 6.92 Å². The second-order valence-corrected chi connectivity index (χ2v) is 6.72. The maximum absolute atomic E-state index is 11.9. The van der Waals surface area contributed by atoms with E-state index in [0.29, 0.717) is 0 Å². The van der Waals surface area contributed by atoms with Gasteiger partial charge in [-0.2, -0.15) is 0 Å². The van der Waals surface area contributed by atoms with Gasteiger partial charge in [0, 0.05) is 0 Å². The summed E-state index contributed by atoms with van der Waals surface area (Å²) in [5, 5.41) is -0.537. The van der Waals surface area contributed by atoms with Crippen molar-refractivity contribution in [3.05, 3.63) is 28.2 Å². The van der Waals surface area contributed by atoms with Gasteiger partial charge in [-0.3, -0.25) is 9.10 Å². The minimum absolute atomic E-state index is 0.0640. The van der Waals surface area contributed by atoms with Crippen LogP contribution in [0.4, 0.5) is 5.69 Å². The Labute approximate surface area is 120 Å². The van der Waals surface area contributed by atoms with Crippen molar-refractivity contribution in [2.75, 3.05) is 16.6 Å². The quantitative estimate of drug-likeness (QED) is 0.780. The van der Waals surface area contributed by atoms with E-state index >= 15 is 0 Å². The van der Waals surface area contributed by atoms with Gasteiger partial charge >= 0.3 is 0 Å². The number of hydrogen-bond donors (Lipinski definition) is 0. The van der Waals surface area contributed by atoms with E-state index in [0.717, 1.165) is 4.31 Å². The van der Waals surface area contributed by atoms with Crippen LogP contribution in [-0.4, -0.2) is 26.0 Å². The van der Waals surface area contributed by atoms with Gasteiger partial charge in [-0.05, 0) is 30.7 Å². The van der Waals surface area contributed by atoms with Gasteiger partial charge in [-0.25, -0.2) is 8.42 Å². The molecule has 0 atom stereocenters. The maximum Gasteiger partial charge on any atom is 0.242 e. The molecule has 100 valence electrons. The highest BCUT2D eigenvalue weighted by Gasteiger charge is 2.25. The molecule has 0 N–H and O–H groups in total. The van der Waals surface area contributed by atoms with Crippen molar-refractivity contribution < 1.29 is 13.2 Å². The van der Waals surface area contributed by atoms with E-state index in [1.165, 1.54) is 19.1 Å². The van der Waals surface area contributed by atoms with Crippen molar-refractivity contribution in [3.63, 3.8) is 0 Å². The number of rotatable bonds is 5. The molecule has 0 aliphatic heterocycles. The lowest BCUT2D eigenvalue weighted by atomic mass is 10.3. The van der Waals surface area contributed by atoms with E-state index in [9.17, 15) is 13.2 Å². The summed E-state index contributed by atoms with van der Waals surface area (Å²) in [5.41, 5.74) is 0.139. The van der Waals surface area contributed by atoms with Crippen LogP contribution in [0.1, 0.15) is 6.92 Å². The van der Waals surface area contributed by atoms with Crippen LogP contribution in [0.3, 0.4) is 0 Å². The van der Waals surface area contributed by atoms with Gasteiger partial charge in [0.25, 0.3) is 0 Å². The minimum Gasteiger partial charge on any atom is -0.279 e. The van der Waals surface area contributed by atoms with Crippen molar-refractivity contribution in [1.82, 2.24) is 0 Å². The Bertz CT molecular complexity index is 559. The number of nitrogens with zero attached hydrogens (tertiary/aromatic N) is 1. The highest BCUT2D eigenvalue weighted by Crippen LogP contribution is 2.33. The van der Waals surface area contributed by atoms with Crippen molar-refractivity contribution in [1.29, 1.82) is 0 Å². The van der Waals surface area contributed by atoms with Crippen LogP contribution >= 0.6 is 34.8 Å². The molecule has 18 heavy (non-hydrogen) atoms. The third-order valence-electron chi connectivity index (χ3n) is 2.17. The molecule has 1 rings (SSSR count). The van der Waals surface area contributed by atoms with Crippen LogP contribution in [0.15, 0.2) is 18.2 Å². The molecule has 0 amide bonds. The first-order valence-electron chi connectivity index (χ1n) is 4.92. The fourth-order valence-electron chi connectivity index (χ4n) is 1.29. The van der Waals surface area contributed by atoms with Crippen molar-refractivity contribution >= 4 is 55.8 Å². The van der Waals surface area contributed by atoms with Gasteiger partial charge in [0.05, 0.1) is 21.5 Å². The van der Waals surface area contributed by atoms with Gasteiger partial charge in [-0.1, -0.05) is 29.3 Å². The zero-order chi connectivity index (χ0) is 13.9. The lowest BCUT2D eigenvalue weighted by molar-refractivity contribution is -0.110. The summed E-state index contributed by atoms with van der Waals surface area (Å²) in [4.78, 5) is 11.0. The Hall–Kier alpha value is -0.490. The molecule has 0 radical (unpaired) electrons. The van der Waals surface area contributed by atoms with E-state index < -0.39 is 21.8 Å². The Morgan fingerprint density at radius 3 is 2.44 bits per heavy atom. The Morgan fingerprint density at radius 2 is 1.94 bits per heavy atom. The van der Waals surface area contributed by atoms with E-state index in [4.69, 9.17) is 34.8 Å². The van der Waals surface area contributed by atoms with Gasteiger partial charge in [0.15, 0.2) is 0 Å². The minimum atomic E-state index is -3.66. The third kappa shape index (κ3) is 3.51. The SMILES string of the molecule is CCS(=O)(=O)N(CC(=O)Cl)c1cccc(Cl)c1Cl. The summed E-state index contributed by atoms with van der Waals surface area (Å²) in [6.45, 7) is 0.970. The van der Waals surface area contributed by atoms with Crippen LogP contribution in [-0.2, 0) is 14.8 Å². The molecule has 0 bridgehead atoms. The van der Waals surface area contributed by atoms with Crippen LogP contribution in [0.2, 0.25) is 10.0 Å². The third-order valence-corrected chi connectivity index (χ3v) is 4.82. The van der Waals surface area contributed by atoms with Crippen molar-refractivity contribution in [3.8, 4) is 0 Å². The number of sulfonamides is 1. The fraction of sp³-hybridized carbons (Fsp3) is 0.300. The molecule has 1 aromatic rings. The molecule has 0 spiro atoms. The van der Waals surface area contributed by atoms with Crippen LogP contribution in [0, 0.1) is 0 Å². The molecule has 0 fully saturated rings. The largest absolute Gasteiger partial charge is 0.279 e. The summed E-state index contributed by atoms with van der Waals surface area (Å²) in [7, 11) is -3.66. The first-order chi connectivity index (χ1) is 8.29. The predicted molar refractivity (Wildman–Crippen MR) is 74.1 cm³/mol. The zero-order valence-electron chi connectivity index (χ0n) is 9.36. The molecule has 1 aromatic carbocycles. The number of carbonyl (C=O) groups excluding carboxylic acids is 1. The van der Waals surface area contributed by atoms with E-state index in [1.807, 2.05) is 0 Å². The Kier molecular flexibility index (Phi) is 5.28. The molecule has 0 unspecified atom stereocenters. The lowest BCUT2D eigenvalue weighted by Gasteiger charge is -2.23. The van der Waals surface area contributed by atoms with Crippen molar-refractivity contribution in [2.24, 2.45) is 0 Å². The summed E-state index contributed by atoms with van der Waals surface area (Å²) in [6.07, 6.45) is 0. The first-order valence-corrected chi connectivity index (χ1v) is 7.66. The molecule has 0 heterocycles. The van der Waals surface area contributed by atoms with Crippen LogP contribution < -0.4 is 4.31 Å².